The van der Waals surface area contributed by atoms with Crippen molar-refractivity contribution in [3.8, 4) is 0 Å². The van der Waals surface area contributed by atoms with Crippen LogP contribution in [0.1, 0.15) is 102 Å². The smallest absolute Gasteiger partial charge is 0.216 e. The van der Waals surface area contributed by atoms with Crippen LogP contribution < -0.4 is 0 Å². The van der Waals surface area contributed by atoms with Crippen molar-refractivity contribution in [2.75, 3.05) is 6.61 Å². The van der Waals surface area contributed by atoms with Crippen LogP contribution in [0.4, 0.5) is 0 Å². The maximum Gasteiger partial charge on any atom is 0.216 e. The van der Waals surface area contributed by atoms with Crippen LogP contribution in [0, 0.1) is 11.8 Å². The SMILES string of the molecule is CCCCCCC[C@H]1CC[C@H](c2ccc(C3=N[C@@H](C(C)C)CO3)cc2)CC1. The van der Waals surface area contributed by atoms with E-state index >= 15 is 0 Å². The Hall–Kier alpha value is -1.31. The van der Waals surface area contributed by atoms with Gasteiger partial charge in [0.1, 0.15) is 6.61 Å². The molecule has 150 valence electrons. The van der Waals surface area contributed by atoms with E-state index < -0.39 is 0 Å². The molecule has 1 fully saturated rings. The Labute approximate surface area is 166 Å². The molecule has 0 bridgehead atoms. The molecule has 1 aromatic carbocycles. The van der Waals surface area contributed by atoms with Crippen LogP contribution in [0.15, 0.2) is 29.3 Å². The number of nitrogens with zero attached hydrogens (tertiary/aromatic N) is 1. The number of ether oxygens (including phenoxy) is 1. The second-order valence-corrected chi connectivity index (χ2v) is 9.10. The minimum absolute atomic E-state index is 0.317. The monoisotopic (exact) mass is 369 g/mol. The third-order valence-electron chi connectivity index (χ3n) is 6.64. The molecule has 0 spiro atoms. The molecule has 1 atom stereocenters. The Balaban J connectivity index is 1.44. The molecule has 1 aliphatic carbocycles. The first kappa shape index (κ1) is 20.4. The van der Waals surface area contributed by atoms with Crippen molar-refractivity contribution in [3.63, 3.8) is 0 Å². The zero-order chi connectivity index (χ0) is 19.1. The molecule has 27 heavy (non-hydrogen) atoms. The Morgan fingerprint density at radius 1 is 0.963 bits per heavy atom. The van der Waals surface area contributed by atoms with Gasteiger partial charge in [-0.2, -0.15) is 0 Å². The topological polar surface area (TPSA) is 21.6 Å². The van der Waals surface area contributed by atoms with Gasteiger partial charge in [-0.15, -0.1) is 0 Å². The van der Waals surface area contributed by atoms with E-state index in [-0.39, 0.29) is 0 Å². The minimum atomic E-state index is 0.317. The Morgan fingerprint density at radius 3 is 2.30 bits per heavy atom. The summed E-state index contributed by atoms with van der Waals surface area (Å²) in [7, 11) is 0. The van der Waals surface area contributed by atoms with Gasteiger partial charge in [-0.25, -0.2) is 4.99 Å². The largest absolute Gasteiger partial charge is 0.475 e. The van der Waals surface area contributed by atoms with Crippen LogP contribution in [0.5, 0.6) is 0 Å². The molecule has 2 heteroatoms. The summed E-state index contributed by atoms with van der Waals surface area (Å²) >= 11 is 0. The third-order valence-corrected chi connectivity index (χ3v) is 6.64. The molecular formula is C25H39NO. The van der Waals surface area contributed by atoms with E-state index in [1.807, 2.05) is 0 Å². The van der Waals surface area contributed by atoms with Gasteiger partial charge >= 0.3 is 0 Å². The van der Waals surface area contributed by atoms with Crippen molar-refractivity contribution in [3.05, 3.63) is 35.4 Å². The molecule has 0 unspecified atom stereocenters. The molecule has 1 aliphatic heterocycles. The predicted molar refractivity (Wildman–Crippen MR) is 116 cm³/mol. The summed E-state index contributed by atoms with van der Waals surface area (Å²) in [5.74, 6) is 3.12. The van der Waals surface area contributed by atoms with E-state index in [4.69, 9.17) is 9.73 Å². The molecule has 0 N–H and O–H groups in total. The molecule has 0 saturated heterocycles. The fraction of sp³-hybridized carbons (Fsp3) is 0.720. The predicted octanol–water partition coefficient (Wildman–Crippen LogP) is 7.12. The normalized spacial score (nSPS) is 25.5. The number of aliphatic imine (C=N–C) groups is 1. The van der Waals surface area contributed by atoms with Gasteiger partial charge in [-0.3, -0.25) is 0 Å². The molecule has 2 aliphatic rings. The van der Waals surface area contributed by atoms with Crippen molar-refractivity contribution in [1.82, 2.24) is 0 Å². The summed E-state index contributed by atoms with van der Waals surface area (Å²) in [5.41, 5.74) is 2.65. The highest BCUT2D eigenvalue weighted by Gasteiger charge is 2.24. The molecule has 0 radical (unpaired) electrons. The average molecular weight is 370 g/mol. The van der Waals surface area contributed by atoms with E-state index in [0.717, 1.165) is 29.9 Å². The van der Waals surface area contributed by atoms with Gasteiger partial charge in [0, 0.05) is 5.56 Å². The van der Waals surface area contributed by atoms with Crippen LogP contribution in [-0.2, 0) is 4.74 Å². The lowest BCUT2D eigenvalue weighted by atomic mass is 9.77. The highest BCUT2D eigenvalue weighted by atomic mass is 16.5. The first-order valence-corrected chi connectivity index (χ1v) is 11.5. The Kier molecular flexibility index (Phi) is 7.79. The van der Waals surface area contributed by atoms with Gasteiger partial charge in [0.2, 0.25) is 5.90 Å². The Morgan fingerprint density at radius 2 is 1.67 bits per heavy atom. The number of benzene rings is 1. The molecule has 3 rings (SSSR count). The lowest BCUT2D eigenvalue weighted by Crippen LogP contribution is -2.13. The van der Waals surface area contributed by atoms with Crippen LogP contribution in [-0.4, -0.2) is 18.5 Å². The highest BCUT2D eigenvalue weighted by molar-refractivity contribution is 5.95. The molecule has 1 aromatic rings. The second-order valence-electron chi connectivity index (χ2n) is 9.10. The van der Waals surface area contributed by atoms with Gasteiger partial charge in [0.05, 0.1) is 6.04 Å². The zero-order valence-electron chi connectivity index (χ0n) is 17.8. The van der Waals surface area contributed by atoms with Crippen LogP contribution in [0.25, 0.3) is 0 Å². The van der Waals surface area contributed by atoms with Crippen LogP contribution in [0.3, 0.4) is 0 Å². The summed E-state index contributed by atoms with van der Waals surface area (Å²) in [5, 5.41) is 0. The molecular weight excluding hydrogens is 330 g/mol. The maximum absolute atomic E-state index is 5.82. The third kappa shape index (κ3) is 5.83. The van der Waals surface area contributed by atoms with Crippen molar-refractivity contribution in [2.24, 2.45) is 16.8 Å². The molecule has 1 heterocycles. The lowest BCUT2D eigenvalue weighted by molar-refractivity contribution is 0.292. The number of hydrogen-bond acceptors (Lipinski definition) is 2. The summed E-state index contributed by atoms with van der Waals surface area (Å²) in [4.78, 5) is 4.75. The highest BCUT2D eigenvalue weighted by Crippen LogP contribution is 2.38. The van der Waals surface area contributed by atoms with Crippen LogP contribution in [0.2, 0.25) is 0 Å². The molecule has 0 amide bonds. The summed E-state index contributed by atoms with van der Waals surface area (Å²) in [6, 6.07) is 9.39. The average Bonchev–Trinajstić information content (AvgIpc) is 3.19. The van der Waals surface area contributed by atoms with E-state index in [9.17, 15) is 0 Å². The molecule has 1 saturated carbocycles. The fourth-order valence-electron chi connectivity index (χ4n) is 4.61. The standard InChI is InChI=1S/C25H39NO/c1-4-5-6-7-8-9-20-10-12-21(13-11-20)22-14-16-23(17-15-22)25-26-24(18-27-25)19(2)3/h14-17,19-21,24H,4-13,18H2,1-3H3/t20-,21-,24-/m1/s1. The minimum Gasteiger partial charge on any atom is -0.475 e. The number of unbranched alkanes of at least 4 members (excludes halogenated alkanes) is 4. The summed E-state index contributed by atoms with van der Waals surface area (Å²) in [6.07, 6.45) is 14.1. The van der Waals surface area contributed by atoms with Crippen molar-refractivity contribution >= 4 is 5.90 Å². The van der Waals surface area contributed by atoms with E-state index in [2.05, 4.69) is 45.0 Å². The maximum atomic E-state index is 5.82. The van der Waals surface area contributed by atoms with Crippen molar-refractivity contribution in [2.45, 2.75) is 96.9 Å². The summed E-state index contributed by atoms with van der Waals surface area (Å²) < 4.78 is 5.82. The molecule has 2 nitrogen and oxygen atoms in total. The van der Waals surface area contributed by atoms with Crippen LogP contribution >= 0.6 is 0 Å². The van der Waals surface area contributed by atoms with Crippen molar-refractivity contribution < 1.29 is 4.74 Å². The van der Waals surface area contributed by atoms with Gasteiger partial charge in [-0.1, -0.05) is 71.4 Å². The van der Waals surface area contributed by atoms with Crippen molar-refractivity contribution in [1.29, 1.82) is 0 Å². The lowest BCUT2D eigenvalue weighted by Gasteiger charge is -2.29. The fourth-order valence-corrected chi connectivity index (χ4v) is 4.61. The Bertz CT molecular complexity index is 581. The van der Waals surface area contributed by atoms with Gasteiger partial charge in [0.15, 0.2) is 0 Å². The van der Waals surface area contributed by atoms with E-state index in [1.165, 1.54) is 69.8 Å². The second kappa shape index (κ2) is 10.3. The van der Waals surface area contributed by atoms with Gasteiger partial charge in [0.25, 0.3) is 0 Å². The summed E-state index contributed by atoms with van der Waals surface area (Å²) in [6.45, 7) is 7.46. The first-order valence-electron chi connectivity index (χ1n) is 11.5. The van der Waals surface area contributed by atoms with Gasteiger partial charge in [-0.05, 0) is 61.1 Å². The zero-order valence-corrected chi connectivity index (χ0v) is 17.8. The number of hydrogen-bond donors (Lipinski definition) is 0. The van der Waals surface area contributed by atoms with E-state index in [1.54, 1.807) is 0 Å². The first-order chi connectivity index (χ1) is 13.2. The van der Waals surface area contributed by atoms with E-state index in [0.29, 0.717) is 12.0 Å². The quantitative estimate of drug-likeness (QED) is 0.424. The van der Waals surface area contributed by atoms with Gasteiger partial charge < -0.3 is 4.74 Å². The number of rotatable bonds is 9. The molecule has 0 aromatic heterocycles.